The minimum Gasteiger partial charge on any atom is -0.813 e. The molecule has 0 aromatic rings. The van der Waals surface area contributed by atoms with Gasteiger partial charge in [-0.15, -0.1) is 11.4 Å². The molecule has 1 nitrogen and oxygen atoms in total. The molecule has 9 heavy (non-hydrogen) atoms. The molecule has 1 atom stereocenters. The van der Waals surface area contributed by atoms with Gasteiger partial charge in [0.1, 0.15) is 0 Å². The van der Waals surface area contributed by atoms with Gasteiger partial charge in [0.15, 0.2) is 0 Å². The zero-order chi connectivity index (χ0) is 5.70. The first-order chi connectivity index (χ1) is 3.31. The van der Waals surface area contributed by atoms with E-state index in [1.54, 1.807) is 0 Å². The van der Waals surface area contributed by atoms with Crippen molar-refractivity contribution >= 4 is 43.0 Å². The van der Waals surface area contributed by atoms with Gasteiger partial charge in [-0.25, -0.2) is 14.9 Å². The van der Waals surface area contributed by atoms with Crippen LogP contribution in [0.5, 0.6) is 0 Å². The van der Waals surface area contributed by atoms with Crippen molar-refractivity contribution in [3.8, 4) is 0 Å². The largest absolute Gasteiger partial charge is 3.00 e. The van der Waals surface area contributed by atoms with E-state index >= 15 is 0 Å². The van der Waals surface area contributed by atoms with E-state index in [1.807, 2.05) is 0 Å². The van der Waals surface area contributed by atoms with Crippen LogP contribution < -0.4 is 0 Å². The summed E-state index contributed by atoms with van der Waals surface area (Å²) in [5, 5.41) is 0. The fourth-order valence-corrected chi connectivity index (χ4v) is 0.425. The quantitative estimate of drug-likeness (QED) is 0.219. The van der Waals surface area contributed by atoms with Gasteiger partial charge in [0, 0.05) is 0 Å². The van der Waals surface area contributed by atoms with E-state index in [4.69, 9.17) is 6.58 Å². The molecule has 0 aliphatic heterocycles. The Morgan fingerprint density at radius 2 is 2.22 bits per heavy atom. The maximum Gasteiger partial charge on any atom is 3.00 e. The van der Waals surface area contributed by atoms with Gasteiger partial charge in [-0.1, -0.05) is 0 Å². The molecule has 5 heteroatoms. The van der Waals surface area contributed by atoms with Crippen LogP contribution in [0.15, 0.2) is 11.1 Å². The van der Waals surface area contributed by atoms with Gasteiger partial charge in [-0.2, -0.15) is 9.24 Å². The zero-order valence-corrected chi connectivity index (χ0v) is 11.8. The fraction of sp³-hybridized carbons (Fsp3) is 0. The summed E-state index contributed by atoms with van der Waals surface area (Å²) in [6.45, 7) is 5.02. The summed E-state index contributed by atoms with van der Waals surface area (Å²) in [5.41, 5.74) is 0.662. The van der Waals surface area contributed by atoms with Crippen LogP contribution in [0.25, 0.3) is 0 Å². The molecule has 0 fully saturated rings. The number of thiol groups is 1. The molecule has 0 saturated heterocycles. The topological polar surface area (TPSA) is 12.4 Å². The maximum atomic E-state index is 5.02. The monoisotopic (exact) mass is 400 g/mol. The molecule has 1 radical (unpaired) electrons. The van der Waals surface area contributed by atoms with E-state index < -0.39 is 0 Å². The first kappa shape index (κ1) is 16.8. The maximum absolute atomic E-state index is 5.02. The minimum atomic E-state index is 0. The van der Waals surface area contributed by atoms with Crippen LogP contribution in [0.2, 0.25) is 0 Å². The molecule has 0 aromatic carbocycles. The van der Waals surface area contributed by atoms with Crippen LogP contribution in [-0.2, 0) is 13.5 Å². The van der Waals surface area contributed by atoms with E-state index in [0.29, 0.717) is 5.45 Å². The summed E-state index contributed by atoms with van der Waals surface area (Å²) in [5.74, 6) is 2.38. The van der Waals surface area contributed by atoms with Gasteiger partial charge in [0.25, 0.3) is 0 Å². The van der Waals surface area contributed by atoms with Crippen LogP contribution in [-0.4, -0.2) is 11.4 Å². The van der Waals surface area contributed by atoms with Gasteiger partial charge in [-0.3, -0.25) is 6.58 Å². The van der Waals surface area contributed by atoms with Crippen molar-refractivity contribution in [2.45, 2.75) is 0 Å². The van der Waals surface area contributed by atoms with E-state index in [0.717, 1.165) is 0 Å². The Kier molecular flexibility index (Phi) is 22.6. The van der Waals surface area contributed by atoms with Crippen LogP contribution in [0.3, 0.4) is 0 Å². The summed E-state index contributed by atoms with van der Waals surface area (Å²) in [7, 11) is 5.24. The van der Waals surface area contributed by atoms with Gasteiger partial charge in [0.05, 0.1) is 0 Å². The first-order valence-electron chi connectivity index (χ1n) is 1.61. The predicted molar refractivity (Wildman–Crippen MR) is 48.1 cm³/mol. The van der Waals surface area contributed by atoms with Crippen molar-refractivity contribution in [1.82, 2.24) is 0 Å². The molecule has 0 amide bonds. The predicted octanol–water partition coefficient (Wildman–Crippen LogP) is 0.759. The van der Waals surface area contributed by atoms with Gasteiger partial charge in [0.2, 0.25) is 0 Å². The number of hydrogen-bond acceptors (Lipinski definition) is 1. The number of nitrogens with zero attached hydrogens (tertiary/aromatic N) is 1. The smallest absolute Gasteiger partial charge is 0.813 e. The summed E-state index contributed by atoms with van der Waals surface area (Å²) in [6.07, 6.45) is 1.37. The molecular formula is C4H6NP2SU. The molecular weight excluding hydrogens is 394 g/mol. The molecule has 0 aromatic heterocycles. The normalized spacial score (nSPS) is 8.33. The van der Waals surface area contributed by atoms with Gasteiger partial charge < -0.3 is 18.5 Å². The molecule has 0 bridgehead atoms. The van der Waals surface area contributed by atoms with E-state index in [2.05, 4.69) is 29.0 Å². The molecule has 0 aliphatic carbocycles. The van der Waals surface area contributed by atoms with Crippen LogP contribution in [0.1, 0.15) is 0 Å². The zero-order valence-electron chi connectivity index (χ0n) is 4.63. The molecule has 0 rings (SSSR count). The third-order valence-electron chi connectivity index (χ3n) is 0.356. The van der Waals surface area contributed by atoms with Crippen molar-refractivity contribution in [2.24, 2.45) is 4.99 Å². The summed E-state index contributed by atoms with van der Waals surface area (Å²) < 4.78 is 0. The Hall–Kier alpha value is 1.41. The Morgan fingerprint density at radius 3 is 2.33 bits per heavy atom. The Bertz CT molecular complexity index is 115. The average molecular weight is 400 g/mol. The third kappa shape index (κ3) is 12.6. The third-order valence-corrected chi connectivity index (χ3v) is 0.789. The van der Waals surface area contributed by atoms with Crippen molar-refractivity contribution < 1.29 is 31.1 Å². The Balaban J connectivity index is -0.000000180. The number of hydrogen-bond donors (Lipinski definition) is 0. The molecule has 0 spiro atoms. The molecule has 0 aliphatic rings. The van der Waals surface area contributed by atoms with Gasteiger partial charge >= 0.3 is 31.1 Å². The Labute approximate surface area is 91.0 Å². The van der Waals surface area contributed by atoms with Crippen molar-refractivity contribution in [2.75, 3.05) is 0 Å². The van der Waals surface area contributed by atoms with E-state index in [1.165, 1.54) is 6.08 Å². The van der Waals surface area contributed by atoms with Crippen LogP contribution in [0, 0.1) is 37.7 Å². The van der Waals surface area contributed by atoms with Crippen LogP contribution in [0.4, 0.5) is 0 Å². The fourth-order valence-electron chi connectivity index (χ4n) is 0.102. The standard InChI is InChI=1S/C4H5NP2.H2S.U/c1-2-4(7)5-3-6;;/h1-2,6H,7H2;1H2;/q-2;;+3/p-1. The summed E-state index contributed by atoms with van der Waals surface area (Å²) in [4.78, 5) is 3.61. The van der Waals surface area contributed by atoms with Gasteiger partial charge in [-0.05, 0) is 0 Å². The van der Waals surface area contributed by atoms with Crippen LogP contribution >= 0.6 is 18.1 Å². The second-order valence-electron chi connectivity index (χ2n) is 0.815. The first-order valence-corrected chi connectivity index (χ1v) is 2.69. The molecule has 0 heterocycles. The SMILES string of the molecule is [CH-]=CC(P)=N[C-]=P.[SH-].[U+3]. The Morgan fingerprint density at radius 1 is 1.78 bits per heavy atom. The molecule has 47 valence electrons. The van der Waals surface area contributed by atoms with E-state index in [-0.39, 0.29) is 44.6 Å². The molecule has 0 N–H and O–H groups in total. The molecule has 0 saturated carbocycles. The second-order valence-corrected chi connectivity index (χ2v) is 1.63. The number of aliphatic imine (C=N–C) groups is 1. The number of rotatable bonds is 2. The van der Waals surface area contributed by atoms with Crippen molar-refractivity contribution in [3.05, 3.63) is 12.7 Å². The summed E-state index contributed by atoms with van der Waals surface area (Å²) in [6, 6.07) is 0. The second kappa shape index (κ2) is 12.1. The minimum absolute atomic E-state index is 0. The molecule has 1 unspecified atom stereocenters. The van der Waals surface area contributed by atoms with E-state index in [9.17, 15) is 0 Å². The summed E-state index contributed by atoms with van der Waals surface area (Å²) >= 11 is 0. The average Bonchev–Trinajstić information content (AvgIpc) is 1.68. The van der Waals surface area contributed by atoms with Crippen molar-refractivity contribution in [1.29, 1.82) is 0 Å². The number of allylic oxidation sites excluding steroid dienone is 1. The van der Waals surface area contributed by atoms with Crippen molar-refractivity contribution in [3.63, 3.8) is 0 Å².